The molecule has 0 aliphatic carbocycles. The molecule has 0 unspecified atom stereocenters. The van der Waals surface area contributed by atoms with Crippen LogP contribution >= 0.6 is 0 Å². The minimum absolute atomic E-state index is 0.124. The van der Waals surface area contributed by atoms with Gasteiger partial charge >= 0.3 is 0 Å². The van der Waals surface area contributed by atoms with Crippen molar-refractivity contribution >= 4 is 38.2 Å². The quantitative estimate of drug-likeness (QED) is 0.672. The summed E-state index contributed by atoms with van der Waals surface area (Å²) in [6.45, 7) is 2.77. The smallest absolute Gasteiger partial charge is 0.257 e. The topological polar surface area (TPSA) is 74.6 Å². The van der Waals surface area contributed by atoms with Gasteiger partial charge in [-0.05, 0) is 31.2 Å². The molecule has 0 saturated carbocycles. The van der Waals surface area contributed by atoms with E-state index < -0.39 is 10.0 Å². The van der Waals surface area contributed by atoms with Crippen molar-refractivity contribution in [2.24, 2.45) is 0 Å². The van der Waals surface area contributed by atoms with Gasteiger partial charge in [-0.15, -0.1) is 0 Å². The van der Waals surface area contributed by atoms with E-state index in [1.54, 1.807) is 12.1 Å². The average Bonchev–Trinajstić information content (AvgIpc) is 3.06. The number of hydrogen-bond donors (Lipinski definition) is 1. The number of amides is 1. The molecule has 8 heteroatoms. The van der Waals surface area contributed by atoms with Gasteiger partial charge in [0.05, 0.1) is 21.8 Å². The van der Waals surface area contributed by atoms with Gasteiger partial charge in [0.2, 0.25) is 10.0 Å². The van der Waals surface area contributed by atoms with Crippen molar-refractivity contribution in [2.75, 3.05) is 38.4 Å². The molecule has 154 valence electrons. The maximum atomic E-state index is 13.1. The van der Waals surface area contributed by atoms with E-state index in [1.807, 2.05) is 60.9 Å². The van der Waals surface area contributed by atoms with Crippen LogP contribution in [-0.4, -0.2) is 51.4 Å². The summed E-state index contributed by atoms with van der Waals surface area (Å²) in [6, 6.07) is 12.5. The summed E-state index contributed by atoms with van der Waals surface area (Å²) in [5.74, 6) is -0.282. The number of carbonyl (C=O) groups excluding carboxylic acids is 1. The second-order valence-electron chi connectivity index (χ2n) is 7.16. The molecule has 0 aliphatic heterocycles. The summed E-state index contributed by atoms with van der Waals surface area (Å²) in [5.41, 5.74) is 2.69. The maximum Gasteiger partial charge on any atom is 0.257 e. The number of aryl methyl sites for hydroxylation is 1. The standard InChI is InChI=1S/C21H26N4O3S/c1-6-25-14-17(16-9-7-8-10-19(16)25)21(26)22-18-13-15(29(27,28)24(4)5)11-12-20(18)23(2)3/h7-14H,6H2,1-5H3,(H,22,26). The number of anilines is 2. The van der Waals surface area contributed by atoms with Crippen molar-refractivity contribution in [3.63, 3.8) is 0 Å². The first-order valence-corrected chi connectivity index (χ1v) is 10.7. The summed E-state index contributed by atoms with van der Waals surface area (Å²) < 4.78 is 28.2. The van der Waals surface area contributed by atoms with Crippen LogP contribution in [0.2, 0.25) is 0 Å². The lowest BCUT2D eigenvalue weighted by molar-refractivity contribution is 0.102. The minimum Gasteiger partial charge on any atom is -0.376 e. The number of benzene rings is 2. The van der Waals surface area contributed by atoms with Gasteiger partial charge in [0.25, 0.3) is 5.91 Å². The fourth-order valence-corrected chi connectivity index (χ4v) is 4.18. The van der Waals surface area contributed by atoms with E-state index in [0.717, 1.165) is 27.4 Å². The lowest BCUT2D eigenvalue weighted by atomic mass is 10.1. The van der Waals surface area contributed by atoms with E-state index in [9.17, 15) is 13.2 Å². The van der Waals surface area contributed by atoms with E-state index in [4.69, 9.17) is 0 Å². The molecule has 0 bridgehead atoms. The number of nitrogens with one attached hydrogen (secondary N) is 1. The summed E-state index contributed by atoms with van der Waals surface area (Å²) in [6.07, 6.45) is 1.83. The summed E-state index contributed by atoms with van der Waals surface area (Å²) in [7, 11) is 3.02. The van der Waals surface area contributed by atoms with E-state index in [0.29, 0.717) is 11.3 Å². The van der Waals surface area contributed by atoms with Gasteiger partial charge in [-0.3, -0.25) is 4.79 Å². The minimum atomic E-state index is -3.62. The van der Waals surface area contributed by atoms with Crippen LogP contribution in [-0.2, 0) is 16.6 Å². The van der Waals surface area contributed by atoms with Crippen LogP contribution in [0.1, 0.15) is 17.3 Å². The Morgan fingerprint density at radius 2 is 1.76 bits per heavy atom. The molecule has 3 aromatic rings. The number of nitrogens with zero attached hydrogens (tertiary/aromatic N) is 3. The third-order valence-electron chi connectivity index (χ3n) is 4.85. The highest BCUT2D eigenvalue weighted by atomic mass is 32.2. The van der Waals surface area contributed by atoms with Crippen molar-refractivity contribution in [2.45, 2.75) is 18.4 Å². The van der Waals surface area contributed by atoms with Gasteiger partial charge in [-0.2, -0.15) is 0 Å². The lowest BCUT2D eigenvalue weighted by Gasteiger charge is -2.20. The Balaban J connectivity index is 2.06. The third-order valence-corrected chi connectivity index (χ3v) is 6.66. The molecule has 0 atom stereocenters. The summed E-state index contributed by atoms with van der Waals surface area (Å²) >= 11 is 0. The predicted molar refractivity (Wildman–Crippen MR) is 117 cm³/mol. The molecule has 1 aromatic heterocycles. The van der Waals surface area contributed by atoms with Crippen molar-refractivity contribution in [3.05, 3.63) is 54.2 Å². The maximum absolute atomic E-state index is 13.1. The van der Waals surface area contributed by atoms with Crippen LogP contribution in [0.15, 0.2) is 53.6 Å². The lowest BCUT2D eigenvalue weighted by Crippen LogP contribution is -2.23. The molecular weight excluding hydrogens is 388 g/mol. The Kier molecular flexibility index (Phi) is 5.68. The Morgan fingerprint density at radius 3 is 2.38 bits per heavy atom. The number of aromatic nitrogens is 1. The SMILES string of the molecule is CCn1cc(C(=O)Nc2cc(S(=O)(=O)N(C)C)ccc2N(C)C)c2ccccc21. The van der Waals surface area contributed by atoms with Crippen LogP contribution in [0.25, 0.3) is 10.9 Å². The number of para-hydroxylation sites is 1. The van der Waals surface area contributed by atoms with Gasteiger partial charge in [-0.1, -0.05) is 18.2 Å². The van der Waals surface area contributed by atoms with Gasteiger partial charge in [-0.25, -0.2) is 12.7 Å². The zero-order valence-electron chi connectivity index (χ0n) is 17.3. The predicted octanol–water partition coefficient (Wildman–Crippen LogP) is 3.23. The molecule has 0 fully saturated rings. The van der Waals surface area contributed by atoms with E-state index in [2.05, 4.69) is 5.32 Å². The van der Waals surface area contributed by atoms with Gasteiger partial charge in [0.1, 0.15) is 0 Å². The molecule has 0 radical (unpaired) electrons. The molecular formula is C21H26N4O3S. The van der Waals surface area contributed by atoms with E-state index in [1.165, 1.54) is 20.2 Å². The largest absolute Gasteiger partial charge is 0.376 e. The molecule has 1 N–H and O–H groups in total. The zero-order chi connectivity index (χ0) is 21.3. The van der Waals surface area contributed by atoms with Crippen LogP contribution in [0.5, 0.6) is 0 Å². The van der Waals surface area contributed by atoms with Gasteiger partial charge in [0.15, 0.2) is 0 Å². The van der Waals surface area contributed by atoms with Crippen LogP contribution in [0, 0.1) is 0 Å². The highest BCUT2D eigenvalue weighted by molar-refractivity contribution is 7.89. The molecule has 7 nitrogen and oxygen atoms in total. The molecule has 0 spiro atoms. The first-order chi connectivity index (χ1) is 13.7. The van der Waals surface area contributed by atoms with Crippen LogP contribution in [0.4, 0.5) is 11.4 Å². The molecule has 29 heavy (non-hydrogen) atoms. The third kappa shape index (κ3) is 3.86. The first kappa shape index (κ1) is 20.9. The molecule has 3 rings (SSSR count). The van der Waals surface area contributed by atoms with Gasteiger partial charge in [0, 0.05) is 51.8 Å². The van der Waals surface area contributed by atoms with Crippen molar-refractivity contribution in [1.29, 1.82) is 0 Å². The molecule has 0 saturated heterocycles. The second-order valence-corrected chi connectivity index (χ2v) is 9.31. The molecule has 1 amide bonds. The molecule has 1 heterocycles. The number of hydrogen-bond acceptors (Lipinski definition) is 4. The van der Waals surface area contributed by atoms with Crippen molar-refractivity contribution in [3.8, 4) is 0 Å². The summed E-state index contributed by atoms with van der Waals surface area (Å²) in [5, 5.41) is 3.77. The second kappa shape index (κ2) is 7.88. The van der Waals surface area contributed by atoms with Crippen molar-refractivity contribution in [1.82, 2.24) is 8.87 Å². The highest BCUT2D eigenvalue weighted by Crippen LogP contribution is 2.30. The zero-order valence-corrected chi connectivity index (χ0v) is 18.1. The monoisotopic (exact) mass is 414 g/mol. The number of carbonyl (C=O) groups is 1. The van der Waals surface area contributed by atoms with Crippen LogP contribution in [0.3, 0.4) is 0 Å². The van der Waals surface area contributed by atoms with Crippen molar-refractivity contribution < 1.29 is 13.2 Å². The fourth-order valence-electron chi connectivity index (χ4n) is 3.26. The fraction of sp³-hybridized carbons (Fsp3) is 0.286. The first-order valence-electron chi connectivity index (χ1n) is 9.30. The normalized spacial score (nSPS) is 11.8. The number of rotatable bonds is 6. The van der Waals surface area contributed by atoms with Gasteiger partial charge < -0.3 is 14.8 Å². The molecule has 2 aromatic carbocycles. The Labute approximate surface area is 171 Å². The molecule has 0 aliphatic rings. The Bertz CT molecular complexity index is 1160. The van der Waals surface area contributed by atoms with E-state index in [-0.39, 0.29) is 10.8 Å². The highest BCUT2D eigenvalue weighted by Gasteiger charge is 2.21. The number of sulfonamides is 1. The van der Waals surface area contributed by atoms with Crippen LogP contribution < -0.4 is 10.2 Å². The average molecular weight is 415 g/mol. The Hall–Kier alpha value is -2.84. The summed E-state index contributed by atoms with van der Waals surface area (Å²) in [4.78, 5) is 15.1. The number of fused-ring (bicyclic) bond motifs is 1. The Morgan fingerprint density at radius 1 is 1.07 bits per heavy atom. The van der Waals surface area contributed by atoms with E-state index >= 15 is 0 Å².